The summed E-state index contributed by atoms with van der Waals surface area (Å²) in [7, 11) is 1.50. The number of primary amides is 1. The normalized spacial score (nSPS) is 26.8. The zero-order chi connectivity index (χ0) is 18.3. The summed E-state index contributed by atoms with van der Waals surface area (Å²) in [5, 5.41) is 2.53. The first-order chi connectivity index (χ1) is 11.0. The summed E-state index contributed by atoms with van der Waals surface area (Å²) in [5.41, 5.74) is 2.88. The number of rotatable bonds is 5. The Kier molecular flexibility index (Phi) is 4.90. The first-order valence-electron chi connectivity index (χ1n) is 8.12. The number of amides is 3. The van der Waals surface area contributed by atoms with Crippen LogP contribution in [0, 0.1) is 5.41 Å². The molecule has 1 saturated carbocycles. The van der Waals surface area contributed by atoms with Gasteiger partial charge in [-0.3, -0.25) is 14.4 Å². The van der Waals surface area contributed by atoms with Crippen LogP contribution in [0.15, 0.2) is 0 Å². The van der Waals surface area contributed by atoms with Crippen LogP contribution in [0.25, 0.3) is 0 Å². The molecular formula is C16H26FN3O4. The van der Waals surface area contributed by atoms with Crippen LogP contribution in [0.2, 0.25) is 0 Å². The number of halogens is 1. The third kappa shape index (κ3) is 3.68. The molecule has 3 atom stereocenters. The van der Waals surface area contributed by atoms with Crippen molar-refractivity contribution in [1.82, 2.24) is 10.2 Å². The van der Waals surface area contributed by atoms with E-state index in [1.54, 1.807) is 20.8 Å². The van der Waals surface area contributed by atoms with Gasteiger partial charge in [0.05, 0.1) is 6.10 Å². The number of alkyl halides is 1. The van der Waals surface area contributed by atoms with E-state index in [0.29, 0.717) is 6.42 Å². The molecular weight excluding hydrogens is 317 g/mol. The molecule has 7 nitrogen and oxygen atoms in total. The SMILES string of the molecule is CO[C@@H]1C[C@@H](C(N)=O)N(C(=O)[C@@H](NC(=O)C2(F)CC2)C(C)(C)C)C1. The number of ether oxygens (including phenoxy) is 1. The van der Waals surface area contributed by atoms with Crippen molar-refractivity contribution in [2.75, 3.05) is 13.7 Å². The monoisotopic (exact) mass is 343 g/mol. The molecule has 0 bridgehead atoms. The predicted octanol–water partition coefficient (Wildman–Crippen LogP) is 0.121. The lowest BCUT2D eigenvalue weighted by molar-refractivity contribution is -0.144. The standard InChI is InChI=1S/C16H26FN3O4/c1-15(2,3)11(19-14(23)16(17)5-6-16)13(22)20-8-9(24-4)7-10(20)12(18)21/h9-11H,5-8H2,1-4H3,(H2,18,21)(H,19,23)/t9-,10+,11-/m1/s1. The van der Waals surface area contributed by atoms with Crippen molar-refractivity contribution in [3.63, 3.8) is 0 Å². The van der Waals surface area contributed by atoms with Gasteiger partial charge in [0.1, 0.15) is 12.1 Å². The predicted molar refractivity (Wildman–Crippen MR) is 84.6 cm³/mol. The van der Waals surface area contributed by atoms with Gasteiger partial charge in [0.2, 0.25) is 11.8 Å². The number of nitrogens with two attached hydrogens (primary N) is 1. The Morgan fingerprint density at radius 3 is 2.33 bits per heavy atom. The van der Waals surface area contributed by atoms with Crippen LogP contribution < -0.4 is 11.1 Å². The molecule has 0 unspecified atom stereocenters. The Bertz CT molecular complexity index is 542. The van der Waals surface area contributed by atoms with Gasteiger partial charge in [0, 0.05) is 20.1 Å². The van der Waals surface area contributed by atoms with Crippen molar-refractivity contribution < 1.29 is 23.5 Å². The van der Waals surface area contributed by atoms with Gasteiger partial charge in [0.15, 0.2) is 5.67 Å². The molecule has 0 aromatic carbocycles. The molecule has 2 fully saturated rings. The van der Waals surface area contributed by atoms with Crippen molar-refractivity contribution >= 4 is 17.7 Å². The van der Waals surface area contributed by atoms with Crippen LogP contribution in [-0.4, -0.2) is 60.1 Å². The summed E-state index contributed by atoms with van der Waals surface area (Å²) in [6.45, 7) is 5.54. The number of likely N-dealkylation sites (tertiary alicyclic amines) is 1. The van der Waals surface area contributed by atoms with Crippen molar-refractivity contribution in [3.05, 3.63) is 0 Å². The Morgan fingerprint density at radius 1 is 1.33 bits per heavy atom. The van der Waals surface area contributed by atoms with Crippen molar-refractivity contribution in [1.29, 1.82) is 0 Å². The minimum absolute atomic E-state index is 0.170. The second-order valence-corrected chi connectivity index (χ2v) is 7.74. The molecule has 1 aliphatic heterocycles. The number of hydrogen-bond acceptors (Lipinski definition) is 4. The van der Waals surface area contributed by atoms with E-state index in [1.807, 2.05) is 0 Å². The van der Waals surface area contributed by atoms with Crippen molar-refractivity contribution in [2.45, 2.75) is 63.9 Å². The Morgan fingerprint density at radius 2 is 1.92 bits per heavy atom. The molecule has 0 aromatic rings. The highest BCUT2D eigenvalue weighted by molar-refractivity contribution is 5.95. The highest BCUT2D eigenvalue weighted by atomic mass is 19.1. The van der Waals surface area contributed by atoms with Crippen LogP contribution >= 0.6 is 0 Å². The molecule has 3 amide bonds. The largest absolute Gasteiger partial charge is 0.380 e. The van der Waals surface area contributed by atoms with Gasteiger partial charge in [-0.05, 0) is 18.3 Å². The minimum Gasteiger partial charge on any atom is -0.380 e. The molecule has 1 aliphatic carbocycles. The summed E-state index contributed by atoms with van der Waals surface area (Å²) in [4.78, 5) is 38.0. The average molecular weight is 343 g/mol. The number of hydrogen-bond donors (Lipinski definition) is 2. The highest BCUT2D eigenvalue weighted by Crippen LogP contribution is 2.40. The lowest BCUT2D eigenvalue weighted by atomic mass is 9.85. The molecule has 0 radical (unpaired) electrons. The smallest absolute Gasteiger partial charge is 0.258 e. The molecule has 0 spiro atoms. The van der Waals surface area contributed by atoms with E-state index in [0.717, 1.165) is 0 Å². The lowest BCUT2D eigenvalue weighted by Crippen LogP contribution is -2.58. The number of nitrogens with one attached hydrogen (secondary N) is 1. The maximum Gasteiger partial charge on any atom is 0.258 e. The third-order valence-corrected chi connectivity index (χ3v) is 4.69. The fourth-order valence-electron chi connectivity index (χ4n) is 2.89. The van der Waals surface area contributed by atoms with E-state index in [1.165, 1.54) is 12.0 Å². The molecule has 8 heteroatoms. The maximum atomic E-state index is 14.0. The number of nitrogens with zero attached hydrogens (tertiary/aromatic N) is 1. The maximum absolute atomic E-state index is 14.0. The molecule has 3 N–H and O–H groups in total. The molecule has 2 rings (SSSR count). The van der Waals surface area contributed by atoms with E-state index in [-0.39, 0.29) is 25.5 Å². The van der Waals surface area contributed by atoms with E-state index in [2.05, 4.69) is 5.32 Å². The number of methoxy groups -OCH3 is 1. The van der Waals surface area contributed by atoms with E-state index >= 15 is 0 Å². The van der Waals surface area contributed by atoms with Crippen LogP contribution in [-0.2, 0) is 19.1 Å². The Labute approximate surface area is 141 Å². The van der Waals surface area contributed by atoms with Crippen LogP contribution in [0.5, 0.6) is 0 Å². The molecule has 136 valence electrons. The van der Waals surface area contributed by atoms with Crippen LogP contribution in [0.1, 0.15) is 40.0 Å². The van der Waals surface area contributed by atoms with E-state index in [4.69, 9.17) is 10.5 Å². The Hall–Kier alpha value is -1.70. The second kappa shape index (κ2) is 6.31. The highest BCUT2D eigenvalue weighted by Gasteiger charge is 2.53. The van der Waals surface area contributed by atoms with Gasteiger partial charge in [-0.1, -0.05) is 20.8 Å². The molecule has 2 aliphatic rings. The number of carbonyl (C=O) groups is 3. The minimum atomic E-state index is -1.87. The summed E-state index contributed by atoms with van der Waals surface area (Å²) in [5.74, 6) is -1.83. The fourth-order valence-corrected chi connectivity index (χ4v) is 2.89. The molecule has 24 heavy (non-hydrogen) atoms. The topological polar surface area (TPSA) is 102 Å². The van der Waals surface area contributed by atoms with E-state index < -0.39 is 40.9 Å². The summed E-state index contributed by atoms with van der Waals surface area (Å²) in [6, 6.07) is -1.74. The second-order valence-electron chi connectivity index (χ2n) is 7.74. The van der Waals surface area contributed by atoms with Gasteiger partial charge in [-0.25, -0.2) is 4.39 Å². The Balaban J connectivity index is 2.20. The zero-order valence-corrected chi connectivity index (χ0v) is 14.6. The van der Waals surface area contributed by atoms with Gasteiger partial charge in [-0.15, -0.1) is 0 Å². The number of carbonyl (C=O) groups excluding carboxylic acids is 3. The summed E-state index contributed by atoms with van der Waals surface area (Å²) < 4.78 is 19.2. The average Bonchev–Trinajstić information content (AvgIpc) is 3.08. The zero-order valence-electron chi connectivity index (χ0n) is 14.6. The summed E-state index contributed by atoms with van der Waals surface area (Å²) >= 11 is 0. The van der Waals surface area contributed by atoms with Gasteiger partial charge in [-0.2, -0.15) is 0 Å². The molecule has 1 heterocycles. The molecule has 1 saturated heterocycles. The quantitative estimate of drug-likeness (QED) is 0.740. The summed E-state index contributed by atoms with van der Waals surface area (Å²) in [6.07, 6.45) is 0.362. The van der Waals surface area contributed by atoms with Crippen molar-refractivity contribution in [2.24, 2.45) is 11.1 Å². The van der Waals surface area contributed by atoms with E-state index in [9.17, 15) is 18.8 Å². The van der Waals surface area contributed by atoms with Gasteiger partial charge in [0.25, 0.3) is 5.91 Å². The van der Waals surface area contributed by atoms with Gasteiger partial charge < -0.3 is 20.7 Å². The first kappa shape index (κ1) is 18.6. The van der Waals surface area contributed by atoms with Gasteiger partial charge >= 0.3 is 0 Å². The molecule has 0 aromatic heterocycles. The van der Waals surface area contributed by atoms with Crippen molar-refractivity contribution in [3.8, 4) is 0 Å². The third-order valence-electron chi connectivity index (χ3n) is 4.69. The van der Waals surface area contributed by atoms with Crippen LogP contribution in [0.3, 0.4) is 0 Å². The first-order valence-corrected chi connectivity index (χ1v) is 8.12. The van der Waals surface area contributed by atoms with Crippen LogP contribution in [0.4, 0.5) is 4.39 Å². The fraction of sp³-hybridized carbons (Fsp3) is 0.812. The lowest BCUT2D eigenvalue weighted by Gasteiger charge is -2.35.